The van der Waals surface area contributed by atoms with Crippen LogP contribution in [0.3, 0.4) is 0 Å². The number of nitrogens with zero attached hydrogens (tertiary/aromatic N) is 3. The predicted molar refractivity (Wildman–Crippen MR) is 131 cm³/mol. The Labute approximate surface area is 190 Å². The highest BCUT2D eigenvalue weighted by Crippen LogP contribution is 2.16. The Morgan fingerprint density at radius 1 is 1.03 bits per heavy atom. The Bertz CT molecular complexity index is 1140. The van der Waals surface area contributed by atoms with E-state index in [1.165, 1.54) is 5.56 Å². The van der Waals surface area contributed by atoms with Crippen LogP contribution in [-0.4, -0.2) is 21.6 Å². The summed E-state index contributed by atoms with van der Waals surface area (Å²) in [6.45, 7) is 13.5. The van der Waals surface area contributed by atoms with Gasteiger partial charge >= 0.3 is 0 Å². The van der Waals surface area contributed by atoms with Gasteiger partial charge in [0.2, 0.25) is 5.96 Å². The minimum absolute atomic E-state index is 0.191. The maximum atomic E-state index is 13.0. The lowest BCUT2D eigenvalue weighted by molar-refractivity contribution is 0.0977. The molecule has 0 radical (unpaired) electrons. The van der Waals surface area contributed by atoms with Gasteiger partial charge in [0.15, 0.2) is 0 Å². The molecule has 0 aliphatic rings. The summed E-state index contributed by atoms with van der Waals surface area (Å²) in [4.78, 5) is 17.7. The van der Waals surface area contributed by atoms with Gasteiger partial charge in [-0.25, -0.2) is 4.99 Å². The van der Waals surface area contributed by atoms with Crippen molar-refractivity contribution in [3.05, 3.63) is 81.7 Å². The normalized spacial score (nSPS) is 11.5. The van der Waals surface area contributed by atoms with Crippen LogP contribution >= 0.6 is 0 Å². The van der Waals surface area contributed by atoms with E-state index in [4.69, 9.17) is 4.99 Å². The molecule has 0 aliphatic heterocycles. The second-order valence-electron chi connectivity index (χ2n) is 8.06. The molecule has 0 spiro atoms. The number of amides is 1. The van der Waals surface area contributed by atoms with Crippen LogP contribution in [-0.2, 0) is 19.5 Å². The minimum Gasteiger partial charge on any atom is -0.326 e. The SMILES string of the molecule is CCc1cccc(NC(=NCc2c(C)nn(CC)c2C)NC(=O)c2ccc(C)c(C)c2)c1. The standard InChI is InChI=1S/C26H33N5O/c1-7-21-10-9-11-23(15-21)28-26(27-16-24-19(5)30-31(8-2)20(24)6)29-25(32)22-13-12-17(3)18(4)14-22/h9-15H,7-8,16H2,1-6H3,(H2,27,28,29,32). The van der Waals surface area contributed by atoms with Crippen molar-refractivity contribution in [1.29, 1.82) is 0 Å². The monoisotopic (exact) mass is 431 g/mol. The predicted octanol–water partition coefficient (Wildman–Crippen LogP) is 5.10. The smallest absolute Gasteiger partial charge is 0.257 e. The number of guanidine groups is 1. The van der Waals surface area contributed by atoms with Crippen molar-refractivity contribution in [2.45, 2.75) is 61.1 Å². The summed E-state index contributed by atoms with van der Waals surface area (Å²) < 4.78 is 1.98. The van der Waals surface area contributed by atoms with E-state index >= 15 is 0 Å². The van der Waals surface area contributed by atoms with Gasteiger partial charge in [0.05, 0.1) is 12.2 Å². The van der Waals surface area contributed by atoms with Crippen molar-refractivity contribution >= 4 is 17.6 Å². The molecular weight excluding hydrogens is 398 g/mol. The zero-order chi connectivity index (χ0) is 23.3. The molecule has 3 rings (SSSR count). The molecule has 0 saturated carbocycles. The van der Waals surface area contributed by atoms with Crippen molar-refractivity contribution in [3.63, 3.8) is 0 Å². The average molecular weight is 432 g/mol. The van der Waals surface area contributed by atoms with Gasteiger partial charge in [-0.15, -0.1) is 0 Å². The lowest BCUT2D eigenvalue weighted by atomic mass is 10.1. The van der Waals surface area contributed by atoms with Crippen LogP contribution in [0.25, 0.3) is 0 Å². The van der Waals surface area contributed by atoms with Gasteiger partial charge in [-0.1, -0.05) is 25.1 Å². The molecule has 0 aliphatic carbocycles. The summed E-state index contributed by atoms with van der Waals surface area (Å²) in [5.41, 5.74) is 8.08. The number of carbonyl (C=O) groups is 1. The van der Waals surface area contributed by atoms with Crippen molar-refractivity contribution in [2.24, 2.45) is 4.99 Å². The van der Waals surface area contributed by atoms with Gasteiger partial charge in [0.1, 0.15) is 0 Å². The van der Waals surface area contributed by atoms with Crippen LogP contribution in [0.5, 0.6) is 0 Å². The molecule has 1 heterocycles. The first-order valence-electron chi connectivity index (χ1n) is 11.1. The van der Waals surface area contributed by atoms with E-state index in [1.807, 2.05) is 55.8 Å². The third-order valence-electron chi connectivity index (χ3n) is 5.83. The number of nitrogens with one attached hydrogen (secondary N) is 2. The Balaban J connectivity index is 1.89. The maximum absolute atomic E-state index is 13.0. The second kappa shape index (κ2) is 10.3. The molecule has 0 fully saturated rings. The molecule has 32 heavy (non-hydrogen) atoms. The second-order valence-corrected chi connectivity index (χ2v) is 8.06. The lowest BCUT2D eigenvalue weighted by Crippen LogP contribution is -2.36. The molecule has 2 N–H and O–H groups in total. The molecule has 3 aromatic rings. The summed E-state index contributed by atoms with van der Waals surface area (Å²) >= 11 is 0. The Kier molecular flexibility index (Phi) is 7.46. The van der Waals surface area contributed by atoms with Crippen LogP contribution < -0.4 is 10.6 Å². The highest BCUT2D eigenvalue weighted by molar-refractivity contribution is 6.10. The summed E-state index contributed by atoms with van der Waals surface area (Å²) in [5, 5.41) is 10.8. The van der Waals surface area contributed by atoms with Gasteiger partial charge in [0.25, 0.3) is 5.91 Å². The number of hydrogen-bond donors (Lipinski definition) is 2. The number of rotatable bonds is 6. The van der Waals surface area contributed by atoms with Crippen molar-refractivity contribution in [3.8, 4) is 0 Å². The van der Waals surface area contributed by atoms with E-state index in [2.05, 4.69) is 48.6 Å². The van der Waals surface area contributed by atoms with Crippen molar-refractivity contribution in [1.82, 2.24) is 15.1 Å². The van der Waals surface area contributed by atoms with Crippen LogP contribution in [0.4, 0.5) is 5.69 Å². The third-order valence-corrected chi connectivity index (χ3v) is 5.83. The largest absolute Gasteiger partial charge is 0.326 e. The van der Waals surface area contributed by atoms with E-state index < -0.39 is 0 Å². The number of aliphatic imine (C=N–C) groups is 1. The van der Waals surface area contributed by atoms with Gasteiger partial charge in [0, 0.05) is 29.1 Å². The van der Waals surface area contributed by atoms with Crippen molar-refractivity contribution in [2.75, 3.05) is 5.32 Å². The third kappa shape index (κ3) is 5.44. The van der Waals surface area contributed by atoms with E-state index in [9.17, 15) is 4.79 Å². The Morgan fingerprint density at radius 2 is 1.81 bits per heavy atom. The Hall–Kier alpha value is -3.41. The van der Waals surface area contributed by atoms with E-state index in [0.717, 1.165) is 46.7 Å². The number of hydrogen-bond acceptors (Lipinski definition) is 3. The molecule has 2 aromatic carbocycles. The van der Waals surface area contributed by atoms with Gasteiger partial charge in [-0.3, -0.25) is 14.8 Å². The topological polar surface area (TPSA) is 71.3 Å². The first kappa shape index (κ1) is 23.3. The summed E-state index contributed by atoms with van der Waals surface area (Å²) in [6.07, 6.45) is 0.936. The fraction of sp³-hybridized carbons (Fsp3) is 0.346. The average Bonchev–Trinajstić information content (AvgIpc) is 3.06. The quantitative estimate of drug-likeness (QED) is 0.421. The van der Waals surface area contributed by atoms with Gasteiger partial charge in [-0.05, 0) is 82.0 Å². The zero-order valence-electron chi connectivity index (χ0n) is 19.9. The maximum Gasteiger partial charge on any atom is 0.257 e. The van der Waals surface area contributed by atoms with Crippen LogP contribution in [0.2, 0.25) is 0 Å². The molecular formula is C26H33N5O. The van der Waals surface area contributed by atoms with Gasteiger partial charge in [-0.2, -0.15) is 5.10 Å². The molecule has 1 aromatic heterocycles. The minimum atomic E-state index is -0.191. The van der Waals surface area contributed by atoms with E-state index in [1.54, 1.807) is 0 Å². The molecule has 0 atom stereocenters. The highest BCUT2D eigenvalue weighted by Gasteiger charge is 2.13. The first-order valence-corrected chi connectivity index (χ1v) is 11.1. The first-order chi connectivity index (χ1) is 15.3. The summed E-state index contributed by atoms with van der Waals surface area (Å²) in [7, 11) is 0. The summed E-state index contributed by atoms with van der Waals surface area (Å²) in [5.74, 6) is 0.230. The number of anilines is 1. The molecule has 1 amide bonds. The molecule has 6 heteroatoms. The van der Waals surface area contributed by atoms with Crippen LogP contribution in [0, 0.1) is 27.7 Å². The molecule has 0 unspecified atom stereocenters. The fourth-order valence-electron chi connectivity index (χ4n) is 3.61. The van der Waals surface area contributed by atoms with Crippen LogP contribution in [0.1, 0.15) is 57.8 Å². The number of carbonyl (C=O) groups excluding carboxylic acids is 1. The molecule has 168 valence electrons. The number of benzene rings is 2. The van der Waals surface area contributed by atoms with Crippen LogP contribution in [0.15, 0.2) is 47.5 Å². The molecule has 0 bridgehead atoms. The van der Waals surface area contributed by atoms with Crippen molar-refractivity contribution < 1.29 is 4.79 Å². The summed E-state index contributed by atoms with van der Waals surface area (Å²) in [6, 6.07) is 13.8. The molecule has 0 saturated heterocycles. The Morgan fingerprint density at radius 3 is 2.47 bits per heavy atom. The van der Waals surface area contributed by atoms with E-state index in [0.29, 0.717) is 18.1 Å². The van der Waals surface area contributed by atoms with Gasteiger partial charge < -0.3 is 5.32 Å². The molecule has 6 nitrogen and oxygen atoms in total. The fourth-order valence-corrected chi connectivity index (χ4v) is 3.61. The zero-order valence-corrected chi connectivity index (χ0v) is 19.9. The van der Waals surface area contributed by atoms with E-state index in [-0.39, 0.29) is 5.91 Å². The number of aryl methyl sites for hydroxylation is 5. The highest BCUT2D eigenvalue weighted by atomic mass is 16.1. The lowest BCUT2D eigenvalue weighted by Gasteiger charge is -2.13. The number of aromatic nitrogens is 2.